The van der Waals surface area contributed by atoms with Crippen LogP contribution in [0.4, 0.5) is 0 Å². The third-order valence-electron chi connectivity index (χ3n) is 3.44. The Morgan fingerprint density at radius 3 is 1.42 bits per heavy atom. The second-order valence-corrected chi connectivity index (χ2v) is 5.99. The normalized spacial score (nSPS) is 9.55. The van der Waals surface area contributed by atoms with Crippen molar-refractivity contribution in [1.82, 2.24) is 9.80 Å². The fourth-order valence-electron chi connectivity index (χ4n) is 2.17. The number of hydrogen-bond donors (Lipinski definition) is 3. The van der Waals surface area contributed by atoms with Gasteiger partial charge in [-0.25, -0.2) is 4.79 Å². The molecule has 0 fully saturated rings. The second kappa shape index (κ2) is 19.7. The van der Waals surface area contributed by atoms with Crippen LogP contribution in [0.1, 0.15) is 10.4 Å². The number of carboxylic acids is 4. The smallest absolute Gasteiger partial charge is 0.549 e. The van der Waals surface area contributed by atoms with E-state index in [9.17, 15) is 34.2 Å². The number of rotatable bonds is 12. The Morgan fingerprint density at radius 2 is 1.15 bits per heavy atom. The van der Waals surface area contributed by atoms with Crippen molar-refractivity contribution in [2.75, 3.05) is 46.4 Å². The maximum atomic E-state index is 10.8. The molecule has 13 nitrogen and oxygen atoms in total. The number of phenols is 1. The van der Waals surface area contributed by atoms with Crippen LogP contribution in [-0.4, -0.2) is 101 Å². The molecule has 0 radical (unpaired) electrons. The van der Waals surface area contributed by atoms with E-state index in [2.05, 4.69) is 4.74 Å². The molecule has 3 N–H and O–H groups in total. The summed E-state index contributed by atoms with van der Waals surface area (Å²) in [5.41, 5.74) is 0.435. The van der Waals surface area contributed by atoms with Gasteiger partial charge in [0.25, 0.3) is 0 Å². The van der Waals surface area contributed by atoms with Gasteiger partial charge in [-0.15, -0.1) is 0 Å². The van der Waals surface area contributed by atoms with E-state index < -0.39 is 56.0 Å². The molecule has 0 aromatic heterocycles. The number of aliphatic carboxylic acids is 4. The number of hydrogen-bond acceptors (Lipinski definition) is 11. The zero-order valence-electron chi connectivity index (χ0n) is 18.6. The topological polar surface area (TPSA) is 208 Å². The van der Waals surface area contributed by atoms with Gasteiger partial charge >= 0.3 is 77.0 Å². The molecule has 0 aliphatic carbocycles. The van der Waals surface area contributed by atoms with Crippen molar-refractivity contribution < 1.29 is 113 Å². The summed E-state index contributed by atoms with van der Waals surface area (Å²) in [6.45, 7) is -2.75. The van der Waals surface area contributed by atoms with E-state index in [0.29, 0.717) is 5.56 Å². The molecule has 1 rings (SSSR count). The summed E-state index contributed by atoms with van der Waals surface area (Å²) in [4.78, 5) is 54.7. The van der Waals surface area contributed by atoms with E-state index in [1.54, 1.807) is 0 Å². The minimum Gasteiger partial charge on any atom is -0.549 e. The van der Waals surface area contributed by atoms with Crippen molar-refractivity contribution in [2.45, 2.75) is 0 Å². The molecular formula is C18H22N2Na2O11. The molecule has 15 heteroatoms. The maximum absolute atomic E-state index is 10.8. The van der Waals surface area contributed by atoms with E-state index in [0.717, 1.165) is 9.80 Å². The number of methoxy groups -OCH3 is 1. The summed E-state index contributed by atoms with van der Waals surface area (Å²) >= 11 is 0. The maximum Gasteiger partial charge on any atom is 1.00 e. The number of esters is 1. The standard InChI is InChI=1S/C10H16N2O8.C8H8O3.2Na/c13-7(14)3-11(4-8(15)16)1-2-12(5-9(17)18)6-10(19)20;1-11-8(10)6-2-4-7(9)5-3-6;;/h1-6H2,(H,13,14)(H,15,16)(H,17,18)(H,19,20);2-5,9H,1H3;;/q;;2*+1/p-2. The van der Waals surface area contributed by atoms with Crippen molar-refractivity contribution in [3.8, 4) is 5.75 Å². The van der Waals surface area contributed by atoms with E-state index in [4.69, 9.17) is 15.3 Å². The molecule has 0 amide bonds. The van der Waals surface area contributed by atoms with Gasteiger partial charge in [0.1, 0.15) is 5.75 Å². The van der Waals surface area contributed by atoms with Gasteiger partial charge in [-0.1, -0.05) is 0 Å². The predicted octanol–water partition coefficient (Wildman–Crippen LogP) is -9.55. The summed E-state index contributed by atoms with van der Waals surface area (Å²) in [7, 11) is 1.31. The van der Waals surface area contributed by atoms with E-state index in [-0.39, 0.29) is 78.0 Å². The summed E-state index contributed by atoms with van der Waals surface area (Å²) in [6.07, 6.45) is 0. The van der Waals surface area contributed by atoms with Crippen LogP contribution in [-0.2, 0) is 23.9 Å². The van der Waals surface area contributed by atoms with Gasteiger partial charge in [-0.2, -0.15) is 0 Å². The summed E-state index contributed by atoms with van der Waals surface area (Å²) in [6, 6.07) is 5.88. The molecule has 0 saturated carbocycles. The van der Waals surface area contributed by atoms with Gasteiger partial charge in [0, 0.05) is 26.2 Å². The van der Waals surface area contributed by atoms with Gasteiger partial charge < -0.3 is 39.9 Å². The third kappa shape index (κ3) is 19.5. The Balaban J connectivity index is -0.000000588. The Morgan fingerprint density at radius 1 is 0.788 bits per heavy atom. The van der Waals surface area contributed by atoms with Crippen molar-refractivity contribution in [2.24, 2.45) is 0 Å². The largest absolute Gasteiger partial charge is 1.00 e. The number of phenolic OH excluding ortho intramolecular Hbond substituents is 1. The fourth-order valence-corrected chi connectivity index (χ4v) is 2.17. The first-order valence-electron chi connectivity index (χ1n) is 8.60. The van der Waals surface area contributed by atoms with Gasteiger partial charge in [-0.05, 0) is 24.3 Å². The Labute approximate surface area is 233 Å². The monoisotopic (exact) mass is 488 g/mol. The van der Waals surface area contributed by atoms with Gasteiger partial charge in [-0.3, -0.25) is 19.4 Å². The molecule has 0 aliphatic rings. The summed E-state index contributed by atoms with van der Waals surface area (Å²) < 4.78 is 4.46. The Hall–Kier alpha value is -1.71. The second-order valence-electron chi connectivity index (χ2n) is 5.99. The number of ether oxygens (including phenoxy) is 1. The van der Waals surface area contributed by atoms with Gasteiger partial charge in [0.05, 0.1) is 37.7 Å². The molecule has 0 bridgehead atoms. The minimum absolute atomic E-state index is 0. The van der Waals surface area contributed by atoms with Crippen molar-refractivity contribution in [1.29, 1.82) is 0 Å². The van der Waals surface area contributed by atoms with E-state index >= 15 is 0 Å². The van der Waals surface area contributed by atoms with Crippen LogP contribution in [0.3, 0.4) is 0 Å². The van der Waals surface area contributed by atoms with Crippen LogP contribution < -0.4 is 69.3 Å². The van der Waals surface area contributed by atoms with E-state index in [1.807, 2.05) is 0 Å². The number of carbonyl (C=O) groups is 5. The molecule has 0 heterocycles. The van der Waals surface area contributed by atoms with Crippen LogP contribution in [0.25, 0.3) is 0 Å². The molecule has 1 aromatic carbocycles. The van der Waals surface area contributed by atoms with Crippen molar-refractivity contribution >= 4 is 29.8 Å². The Kier molecular flexibility index (Phi) is 21.4. The molecule has 0 unspecified atom stereocenters. The predicted molar refractivity (Wildman–Crippen MR) is 97.6 cm³/mol. The zero-order valence-corrected chi connectivity index (χ0v) is 22.6. The van der Waals surface area contributed by atoms with Gasteiger partial charge in [0.15, 0.2) is 0 Å². The average Bonchev–Trinajstić information content (AvgIpc) is 2.64. The first-order chi connectivity index (χ1) is 14.4. The van der Waals surface area contributed by atoms with Crippen LogP contribution >= 0.6 is 0 Å². The number of carbonyl (C=O) groups excluding carboxylic acids is 3. The quantitative estimate of drug-likeness (QED) is 0.185. The molecule has 0 atom stereocenters. The van der Waals surface area contributed by atoms with Crippen molar-refractivity contribution in [3.05, 3.63) is 29.8 Å². The Bertz CT molecular complexity index is 707. The van der Waals surface area contributed by atoms with Crippen LogP contribution in [0.5, 0.6) is 5.75 Å². The van der Waals surface area contributed by atoms with Crippen LogP contribution in [0.2, 0.25) is 0 Å². The third-order valence-corrected chi connectivity index (χ3v) is 3.44. The van der Waals surface area contributed by atoms with Crippen molar-refractivity contribution in [3.63, 3.8) is 0 Å². The van der Waals surface area contributed by atoms with Crippen LogP contribution in [0.15, 0.2) is 24.3 Å². The van der Waals surface area contributed by atoms with Crippen LogP contribution in [0, 0.1) is 0 Å². The minimum atomic E-state index is -1.49. The molecule has 0 saturated heterocycles. The number of benzene rings is 1. The number of nitrogens with zero attached hydrogens (tertiary/aromatic N) is 2. The van der Waals surface area contributed by atoms with Gasteiger partial charge in [0.2, 0.25) is 0 Å². The first kappa shape index (κ1) is 35.9. The molecule has 1 aromatic rings. The number of aromatic hydroxyl groups is 1. The van der Waals surface area contributed by atoms with E-state index in [1.165, 1.54) is 31.4 Å². The molecule has 172 valence electrons. The summed E-state index contributed by atoms with van der Waals surface area (Å²) in [5.74, 6) is -5.78. The molecular weight excluding hydrogens is 466 g/mol. The first-order valence-corrected chi connectivity index (χ1v) is 8.60. The number of carboxylic acid groups (broad SMARTS) is 4. The molecule has 0 aliphatic heterocycles. The zero-order chi connectivity index (χ0) is 24.0. The SMILES string of the molecule is COC(=O)c1ccc(O)cc1.O=C([O-])CN(CCN(CC(=O)[O-])CC(=O)O)CC(=O)O.[Na+].[Na+]. The molecule has 33 heavy (non-hydrogen) atoms. The fraction of sp³-hybridized carbons (Fsp3) is 0.389. The summed E-state index contributed by atoms with van der Waals surface area (Å²) in [5, 5.41) is 46.9. The molecule has 0 spiro atoms. The average molecular weight is 488 g/mol.